The van der Waals surface area contributed by atoms with Crippen molar-refractivity contribution in [1.82, 2.24) is 15.1 Å². The van der Waals surface area contributed by atoms with Gasteiger partial charge in [-0.25, -0.2) is 0 Å². The minimum atomic E-state index is 0.392. The number of nitrogens with one attached hydrogen (secondary N) is 1. The zero-order valence-corrected chi connectivity index (χ0v) is 12.9. The van der Waals surface area contributed by atoms with E-state index in [0.29, 0.717) is 12.1 Å². The zero-order chi connectivity index (χ0) is 13.7. The van der Waals surface area contributed by atoms with Gasteiger partial charge in [-0.3, -0.25) is 9.80 Å². The molecule has 0 aliphatic carbocycles. The number of ether oxygens (including phenoxy) is 1. The second-order valence-corrected chi connectivity index (χ2v) is 6.22. The molecule has 0 aromatic rings. The Kier molecular flexibility index (Phi) is 6.07. The van der Waals surface area contributed by atoms with Crippen molar-refractivity contribution in [1.29, 1.82) is 0 Å². The number of rotatable bonds is 6. The fourth-order valence-electron chi connectivity index (χ4n) is 3.24. The van der Waals surface area contributed by atoms with Crippen LogP contribution in [0.1, 0.15) is 33.6 Å². The molecule has 2 saturated heterocycles. The summed E-state index contributed by atoms with van der Waals surface area (Å²) in [5.41, 5.74) is 0. The van der Waals surface area contributed by atoms with Crippen LogP contribution in [0.15, 0.2) is 0 Å². The van der Waals surface area contributed by atoms with Gasteiger partial charge in [0.2, 0.25) is 0 Å². The average Bonchev–Trinajstić information content (AvgIpc) is 2.92. The van der Waals surface area contributed by atoms with Gasteiger partial charge in [-0.1, -0.05) is 6.92 Å². The summed E-state index contributed by atoms with van der Waals surface area (Å²) in [4.78, 5) is 5.19. The lowest BCUT2D eigenvalue weighted by molar-refractivity contribution is -0.0560. The van der Waals surface area contributed by atoms with Gasteiger partial charge in [0.05, 0.1) is 12.7 Å². The molecule has 2 rings (SSSR count). The molecule has 0 spiro atoms. The van der Waals surface area contributed by atoms with Crippen molar-refractivity contribution >= 4 is 0 Å². The van der Waals surface area contributed by atoms with Crippen molar-refractivity contribution in [3.8, 4) is 0 Å². The Balaban J connectivity index is 1.85. The van der Waals surface area contributed by atoms with Gasteiger partial charge in [-0.2, -0.15) is 0 Å². The quantitative estimate of drug-likeness (QED) is 0.783. The van der Waals surface area contributed by atoms with E-state index in [2.05, 4.69) is 35.9 Å². The molecule has 2 unspecified atom stereocenters. The first-order valence-corrected chi connectivity index (χ1v) is 8.01. The molecule has 2 aliphatic rings. The van der Waals surface area contributed by atoms with E-state index in [-0.39, 0.29) is 0 Å². The van der Waals surface area contributed by atoms with Gasteiger partial charge in [-0.15, -0.1) is 0 Å². The maximum absolute atomic E-state index is 5.99. The smallest absolute Gasteiger partial charge is 0.0829 e. The Morgan fingerprint density at radius 1 is 1.42 bits per heavy atom. The Bertz CT molecular complexity index is 254. The first-order valence-electron chi connectivity index (χ1n) is 8.01. The summed E-state index contributed by atoms with van der Waals surface area (Å²) in [6.07, 6.45) is 2.92. The van der Waals surface area contributed by atoms with Crippen LogP contribution in [-0.4, -0.2) is 73.9 Å². The highest BCUT2D eigenvalue weighted by molar-refractivity contribution is 4.84. The lowest BCUT2D eigenvalue weighted by Gasteiger charge is -2.39. The summed E-state index contributed by atoms with van der Waals surface area (Å²) in [5.74, 6) is 0. The molecule has 0 radical (unpaired) electrons. The molecule has 2 atom stereocenters. The van der Waals surface area contributed by atoms with Gasteiger partial charge < -0.3 is 10.1 Å². The first-order chi connectivity index (χ1) is 9.20. The Morgan fingerprint density at radius 2 is 2.26 bits per heavy atom. The third kappa shape index (κ3) is 4.42. The van der Waals surface area contributed by atoms with Crippen molar-refractivity contribution in [2.24, 2.45) is 0 Å². The molecule has 2 fully saturated rings. The van der Waals surface area contributed by atoms with Crippen LogP contribution in [0.3, 0.4) is 0 Å². The van der Waals surface area contributed by atoms with E-state index < -0.39 is 0 Å². The van der Waals surface area contributed by atoms with Gasteiger partial charge in [-0.05, 0) is 39.8 Å². The van der Waals surface area contributed by atoms with Crippen LogP contribution < -0.4 is 5.32 Å². The maximum Gasteiger partial charge on any atom is 0.0829 e. The minimum absolute atomic E-state index is 0.392. The van der Waals surface area contributed by atoms with Crippen LogP contribution in [0.2, 0.25) is 0 Å². The van der Waals surface area contributed by atoms with Gasteiger partial charge >= 0.3 is 0 Å². The van der Waals surface area contributed by atoms with Crippen LogP contribution in [-0.2, 0) is 4.74 Å². The molecule has 0 saturated carbocycles. The monoisotopic (exact) mass is 269 g/mol. The first kappa shape index (κ1) is 15.2. The molecule has 0 aromatic carbocycles. The number of hydrogen-bond acceptors (Lipinski definition) is 4. The van der Waals surface area contributed by atoms with E-state index in [1.807, 2.05) is 0 Å². The summed E-state index contributed by atoms with van der Waals surface area (Å²) in [5, 5.41) is 3.48. The van der Waals surface area contributed by atoms with E-state index in [9.17, 15) is 0 Å². The van der Waals surface area contributed by atoms with Crippen molar-refractivity contribution in [3.05, 3.63) is 0 Å². The topological polar surface area (TPSA) is 27.7 Å². The van der Waals surface area contributed by atoms with Gasteiger partial charge in [0.25, 0.3) is 0 Å². The maximum atomic E-state index is 5.99. The summed E-state index contributed by atoms with van der Waals surface area (Å²) in [6.45, 7) is 14.6. The molecule has 2 heterocycles. The zero-order valence-electron chi connectivity index (χ0n) is 12.9. The summed E-state index contributed by atoms with van der Waals surface area (Å²) < 4.78 is 5.99. The average molecular weight is 269 g/mol. The highest BCUT2D eigenvalue weighted by Crippen LogP contribution is 2.14. The second kappa shape index (κ2) is 7.58. The largest absolute Gasteiger partial charge is 0.374 e. The standard InChI is InChI=1S/C15H31N3O/c1-4-7-18(14-5-6-16-10-14)12-15-11-17(13(2)3)8-9-19-15/h13-16H,4-12H2,1-3H3. The predicted molar refractivity (Wildman–Crippen MR) is 79.6 cm³/mol. The minimum Gasteiger partial charge on any atom is -0.374 e. The fraction of sp³-hybridized carbons (Fsp3) is 1.00. The third-order valence-corrected chi connectivity index (χ3v) is 4.40. The number of hydrogen-bond donors (Lipinski definition) is 1. The molecule has 4 heteroatoms. The SMILES string of the molecule is CCCN(CC1CN(C(C)C)CCO1)C1CCNC1. The van der Waals surface area contributed by atoms with Crippen LogP contribution >= 0.6 is 0 Å². The normalized spacial score (nSPS) is 29.5. The van der Waals surface area contributed by atoms with Crippen molar-refractivity contribution in [2.45, 2.75) is 51.8 Å². The van der Waals surface area contributed by atoms with Crippen molar-refractivity contribution in [3.63, 3.8) is 0 Å². The van der Waals surface area contributed by atoms with E-state index in [0.717, 1.165) is 38.8 Å². The molecule has 1 N–H and O–H groups in total. The molecular weight excluding hydrogens is 238 g/mol. The Labute approximate surface area is 118 Å². The highest BCUT2D eigenvalue weighted by atomic mass is 16.5. The molecule has 4 nitrogen and oxygen atoms in total. The van der Waals surface area contributed by atoms with E-state index >= 15 is 0 Å². The molecule has 0 bridgehead atoms. The second-order valence-electron chi connectivity index (χ2n) is 6.22. The van der Waals surface area contributed by atoms with Crippen LogP contribution in [0.25, 0.3) is 0 Å². The molecule has 2 aliphatic heterocycles. The molecule has 0 aromatic heterocycles. The van der Waals surface area contributed by atoms with E-state index in [1.54, 1.807) is 0 Å². The lowest BCUT2D eigenvalue weighted by atomic mass is 10.1. The van der Waals surface area contributed by atoms with Crippen LogP contribution in [0, 0.1) is 0 Å². The van der Waals surface area contributed by atoms with Crippen molar-refractivity contribution in [2.75, 3.05) is 45.9 Å². The van der Waals surface area contributed by atoms with Gasteiger partial charge in [0.1, 0.15) is 0 Å². The predicted octanol–water partition coefficient (Wildman–Crippen LogP) is 1.17. The van der Waals surface area contributed by atoms with Crippen LogP contribution in [0.4, 0.5) is 0 Å². The van der Waals surface area contributed by atoms with Gasteiger partial charge in [0.15, 0.2) is 0 Å². The molecule has 0 amide bonds. The molecule has 112 valence electrons. The Hall–Kier alpha value is -0.160. The lowest BCUT2D eigenvalue weighted by Crippen LogP contribution is -2.51. The summed E-state index contributed by atoms with van der Waals surface area (Å²) in [6, 6.07) is 1.36. The molecule has 19 heavy (non-hydrogen) atoms. The highest BCUT2D eigenvalue weighted by Gasteiger charge is 2.28. The number of nitrogens with zero attached hydrogens (tertiary/aromatic N) is 2. The van der Waals surface area contributed by atoms with Gasteiger partial charge in [0, 0.05) is 38.3 Å². The molecular formula is C15H31N3O. The van der Waals surface area contributed by atoms with E-state index in [4.69, 9.17) is 4.74 Å². The summed E-state index contributed by atoms with van der Waals surface area (Å²) in [7, 11) is 0. The number of morpholine rings is 1. The van der Waals surface area contributed by atoms with Crippen molar-refractivity contribution < 1.29 is 4.74 Å². The van der Waals surface area contributed by atoms with E-state index in [1.165, 1.54) is 25.9 Å². The third-order valence-electron chi connectivity index (χ3n) is 4.40. The van der Waals surface area contributed by atoms with Crippen LogP contribution in [0.5, 0.6) is 0 Å². The Morgan fingerprint density at radius 3 is 2.89 bits per heavy atom. The fourth-order valence-corrected chi connectivity index (χ4v) is 3.24. The summed E-state index contributed by atoms with van der Waals surface area (Å²) >= 11 is 0.